The molecule has 1 heterocycles. The minimum absolute atomic E-state index is 0.137. The smallest absolute Gasteiger partial charge is 0.269 e. The van der Waals surface area contributed by atoms with Crippen LogP contribution in [-0.2, 0) is 11.2 Å². The fourth-order valence-electron chi connectivity index (χ4n) is 2.47. The molecule has 0 bridgehead atoms. The molecule has 1 aromatic rings. The Morgan fingerprint density at radius 1 is 1.25 bits per heavy atom. The molecule has 20 heavy (non-hydrogen) atoms. The molecule has 1 unspecified atom stereocenters. The van der Waals surface area contributed by atoms with Gasteiger partial charge in [0.05, 0.1) is 11.5 Å². The maximum Gasteiger partial charge on any atom is 0.269 e. The molecule has 0 radical (unpaired) electrons. The molecular weight excluding hydrogens is 256 g/mol. The number of ether oxygens (including phenoxy) is 1. The van der Waals surface area contributed by atoms with Crippen LogP contribution in [0.5, 0.6) is 0 Å². The van der Waals surface area contributed by atoms with Gasteiger partial charge in [-0.15, -0.1) is 0 Å². The fraction of sp³-hybridized carbons (Fsp3) is 0.600. The van der Waals surface area contributed by atoms with Crippen molar-refractivity contribution in [1.82, 2.24) is 5.32 Å². The van der Waals surface area contributed by atoms with Crippen LogP contribution in [0.4, 0.5) is 5.69 Å². The molecule has 5 heteroatoms. The van der Waals surface area contributed by atoms with Crippen LogP contribution < -0.4 is 5.32 Å². The minimum Gasteiger partial charge on any atom is -0.381 e. The van der Waals surface area contributed by atoms with Gasteiger partial charge >= 0.3 is 0 Å². The summed E-state index contributed by atoms with van der Waals surface area (Å²) in [6.07, 6.45) is 5.74. The summed E-state index contributed by atoms with van der Waals surface area (Å²) in [5.41, 5.74) is 1.21. The van der Waals surface area contributed by atoms with Crippen LogP contribution in [0.15, 0.2) is 24.3 Å². The highest BCUT2D eigenvalue weighted by molar-refractivity contribution is 5.32. The lowest BCUT2D eigenvalue weighted by molar-refractivity contribution is -0.384. The Bertz CT molecular complexity index is 414. The van der Waals surface area contributed by atoms with Gasteiger partial charge in [0.25, 0.3) is 5.69 Å². The van der Waals surface area contributed by atoms with Crippen LogP contribution in [-0.4, -0.2) is 30.7 Å². The summed E-state index contributed by atoms with van der Waals surface area (Å²) < 4.78 is 5.64. The van der Waals surface area contributed by atoms with E-state index in [-0.39, 0.29) is 10.6 Å². The van der Waals surface area contributed by atoms with Crippen LogP contribution >= 0.6 is 0 Å². The molecule has 0 aliphatic carbocycles. The van der Waals surface area contributed by atoms with Gasteiger partial charge < -0.3 is 10.1 Å². The van der Waals surface area contributed by atoms with E-state index in [0.717, 1.165) is 31.6 Å². The molecule has 1 saturated heterocycles. The summed E-state index contributed by atoms with van der Waals surface area (Å²) in [4.78, 5) is 10.2. The van der Waals surface area contributed by atoms with E-state index < -0.39 is 0 Å². The summed E-state index contributed by atoms with van der Waals surface area (Å²) in [6.45, 7) is 2.59. The molecular formula is C15H22N2O3. The Morgan fingerprint density at radius 3 is 2.70 bits per heavy atom. The predicted octanol–water partition coefficient (Wildman–Crippen LogP) is 2.69. The third kappa shape index (κ3) is 4.90. The summed E-state index contributed by atoms with van der Waals surface area (Å²) in [6, 6.07) is 7.29. The lowest BCUT2D eigenvalue weighted by atomic mass is 10.0. The highest BCUT2D eigenvalue weighted by Crippen LogP contribution is 2.13. The van der Waals surface area contributed by atoms with Crippen LogP contribution in [0.25, 0.3) is 0 Å². The molecule has 1 aliphatic heterocycles. The van der Waals surface area contributed by atoms with Crippen molar-refractivity contribution >= 4 is 5.69 Å². The highest BCUT2D eigenvalue weighted by Gasteiger charge is 2.11. The van der Waals surface area contributed by atoms with Crippen molar-refractivity contribution in [2.45, 2.75) is 38.1 Å². The summed E-state index contributed by atoms with van der Waals surface area (Å²) in [5, 5.41) is 14.0. The van der Waals surface area contributed by atoms with Crippen molar-refractivity contribution in [1.29, 1.82) is 0 Å². The predicted molar refractivity (Wildman–Crippen MR) is 77.9 cm³/mol. The van der Waals surface area contributed by atoms with Gasteiger partial charge in [-0.05, 0) is 37.8 Å². The molecule has 0 amide bonds. The summed E-state index contributed by atoms with van der Waals surface area (Å²) in [5.74, 6) is 0. The van der Waals surface area contributed by atoms with Crippen molar-refractivity contribution < 1.29 is 9.66 Å². The van der Waals surface area contributed by atoms with Crippen molar-refractivity contribution in [3.05, 3.63) is 39.9 Å². The highest BCUT2D eigenvalue weighted by atomic mass is 16.6. The topological polar surface area (TPSA) is 64.4 Å². The molecule has 0 aromatic heterocycles. The minimum atomic E-state index is -0.378. The lowest BCUT2D eigenvalue weighted by Crippen LogP contribution is -2.34. The molecule has 2 rings (SSSR count). The monoisotopic (exact) mass is 278 g/mol. The number of hydrogen-bond acceptors (Lipinski definition) is 4. The molecule has 1 atom stereocenters. The first kappa shape index (κ1) is 14.9. The van der Waals surface area contributed by atoms with Crippen LogP contribution in [0.1, 0.15) is 31.2 Å². The lowest BCUT2D eigenvalue weighted by Gasteiger charge is -2.23. The van der Waals surface area contributed by atoms with Gasteiger partial charge in [-0.1, -0.05) is 18.6 Å². The zero-order chi connectivity index (χ0) is 14.2. The first-order valence-electron chi connectivity index (χ1n) is 7.30. The number of non-ortho nitro benzene ring substituents is 1. The SMILES string of the molecule is O=[N+]([O-])c1ccc(CCOCCC2CCCCN2)cc1. The number of hydrogen-bond donors (Lipinski definition) is 1. The van der Waals surface area contributed by atoms with E-state index in [0.29, 0.717) is 12.6 Å². The first-order valence-corrected chi connectivity index (χ1v) is 7.30. The zero-order valence-electron chi connectivity index (χ0n) is 11.7. The van der Waals surface area contributed by atoms with Crippen LogP contribution in [0.3, 0.4) is 0 Å². The molecule has 1 N–H and O–H groups in total. The molecule has 0 saturated carbocycles. The van der Waals surface area contributed by atoms with Gasteiger partial charge in [0.1, 0.15) is 0 Å². The average molecular weight is 278 g/mol. The van der Waals surface area contributed by atoms with Crippen molar-refractivity contribution in [2.75, 3.05) is 19.8 Å². The maximum absolute atomic E-state index is 10.5. The molecule has 1 aromatic carbocycles. The van der Waals surface area contributed by atoms with E-state index in [9.17, 15) is 10.1 Å². The van der Waals surface area contributed by atoms with Gasteiger partial charge in [-0.3, -0.25) is 10.1 Å². The second-order valence-corrected chi connectivity index (χ2v) is 5.22. The van der Waals surface area contributed by atoms with E-state index >= 15 is 0 Å². The maximum atomic E-state index is 10.5. The Morgan fingerprint density at radius 2 is 2.05 bits per heavy atom. The molecule has 5 nitrogen and oxygen atoms in total. The average Bonchev–Trinajstić information content (AvgIpc) is 2.48. The van der Waals surface area contributed by atoms with Gasteiger partial charge in [-0.25, -0.2) is 0 Å². The zero-order valence-corrected chi connectivity index (χ0v) is 11.7. The van der Waals surface area contributed by atoms with Crippen molar-refractivity contribution in [3.8, 4) is 0 Å². The van der Waals surface area contributed by atoms with E-state index in [1.54, 1.807) is 24.3 Å². The molecule has 1 fully saturated rings. The largest absolute Gasteiger partial charge is 0.381 e. The molecule has 1 aliphatic rings. The van der Waals surface area contributed by atoms with Crippen molar-refractivity contribution in [2.24, 2.45) is 0 Å². The van der Waals surface area contributed by atoms with Crippen molar-refractivity contribution in [3.63, 3.8) is 0 Å². The van der Waals surface area contributed by atoms with Crippen LogP contribution in [0, 0.1) is 10.1 Å². The van der Waals surface area contributed by atoms with E-state index in [1.807, 2.05) is 0 Å². The van der Waals surface area contributed by atoms with Gasteiger partial charge in [0.2, 0.25) is 0 Å². The normalized spacial score (nSPS) is 18.9. The number of nitrogens with zero attached hydrogens (tertiary/aromatic N) is 1. The number of nitro groups is 1. The van der Waals surface area contributed by atoms with Gasteiger partial charge in [0, 0.05) is 24.8 Å². The van der Waals surface area contributed by atoms with Gasteiger partial charge in [-0.2, -0.15) is 0 Å². The second-order valence-electron chi connectivity index (χ2n) is 5.22. The second kappa shape index (κ2) is 7.97. The Balaban J connectivity index is 1.59. The molecule has 110 valence electrons. The number of piperidine rings is 1. The molecule has 0 spiro atoms. The standard InChI is InChI=1S/C15H22N2O3/c18-17(19)15-6-4-13(5-7-15)8-11-20-12-9-14-3-1-2-10-16-14/h4-7,14,16H,1-3,8-12H2. The van der Waals surface area contributed by atoms with E-state index in [1.165, 1.54) is 19.3 Å². The fourth-order valence-corrected chi connectivity index (χ4v) is 2.47. The Hall–Kier alpha value is -1.46. The quantitative estimate of drug-likeness (QED) is 0.473. The van der Waals surface area contributed by atoms with Gasteiger partial charge in [0.15, 0.2) is 0 Å². The summed E-state index contributed by atoms with van der Waals surface area (Å²) in [7, 11) is 0. The number of nitro benzene ring substituents is 1. The van der Waals surface area contributed by atoms with Crippen LogP contribution in [0.2, 0.25) is 0 Å². The number of benzene rings is 1. The third-order valence-electron chi connectivity index (χ3n) is 3.71. The van der Waals surface area contributed by atoms with E-state index in [2.05, 4.69) is 5.32 Å². The Kier molecular flexibility index (Phi) is 5.95. The number of nitrogens with one attached hydrogen (secondary N) is 1. The first-order chi connectivity index (χ1) is 9.75. The van der Waals surface area contributed by atoms with E-state index in [4.69, 9.17) is 4.74 Å². The number of rotatable bonds is 7. The summed E-state index contributed by atoms with van der Waals surface area (Å²) >= 11 is 0. The third-order valence-corrected chi connectivity index (χ3v) is 3.71. The Labute approximate surface area is 119 Å².